The smallest absolute Gasteiger partial charge is 0.264 e. The second-order valence-electron chi connectivity index (χ2n) is 13.7. The van der Waals surface area contributed by atoms with Gasteiger partial charge in [0.1, 0.15) is 17.5 Å². The highest BCUT2D eigenvalue weighted by molar-refractivity contribution is 14.1. The number of para-hydroxylation sites is 1. The average Bonchev–Trinajstić information content (AvgIpc) is 3.79. The Labute approximate surface area is 302 Å². The molecular weight excluding hydrogens is 743 g/mol. The number of anilines is 1. The first-order valence-electron chi connectivity index (χ1n) is 16.7. The molecular formula is C39H41IN4O4Si. The Kier molecular flexibility index (Phi) is 9.24. The van der Waals surface area contributed by atoms with Crippen molar-refractivity contribution < 1.29 is 19.4 Å². The molecule has 0 aliphatic carbocycles. The number of aromatic nitrogens is 3. The van der Waals surface area contributed by atoms with Crippen molar-refractivity contribution in [1.82, 2.24) is 15.0 Å². The number of hydrogen-bond acceptors (Lipinski definition) is 6. The molecule has 252 valence electrons. The Morgan fingerprint density at radius 3 is 2.39 bits per heavy atom. The Morgan fingerprint density at radius 2 is 1.67 bits per heavy atom. The van der Waals surface area contributed by atoms with Crippen LogP contribution in [0.1, 0.15) is 41.8 Å². The van der Waals surface area contributed by atoms with Crippen LogP contribution in [-0.2, 0) is 28.2 Å². The molecule has 0 saturated carbocycles. The second kappa shape index (κ2) is 13.5. The number of aliphatic hydroxyl groups is 1. The SMILES string of the molecule is COc1ccc([Si](C)(C)[C@H]2[C@H](CCn3cc([C@H](O)c4ccccc4)nn3)O[C@@]3(C(=O)N(Cc4ccc(I)cc4)c4ccccc43)[C@@H]2C)cc1. The maximum atomic E-state index is 14.9. The van der Waals surface area contributed by atoms with Crippen LogP contribution in [0.25, 0.3) is 0 Å². The third-order valence-electron chi connectivity index (χ3n) is 10.6. The molecule has 1 N–H and O–H groups in total. The molecule has 1 saturated heterocycles. The molecule has 0 bridgehead atoms. The van der Waals surface area contributed by atoms with E-state index in [-0.39, 0.29) is 23.5 Å². The van der Waals surface area contributed by atoms with Crippen LogP contribution in [-0.4, -0.2) is 47.3 Å². The van der Waals surface area contributed by atoms with E-state index in [4.69, 9.17) is 9.47 Å². The van der Waals surface area contributed by atoms with Gasteiger partial charge in [0.25, 0.3) is 5.91 Å². The van der Waals surface area contributed by atoms with Crippen LogP contribution in [0.3, 0.4) is 0 Å². The van der Waals surface area contributed by atoms with Crippen molar-refractivity contribution in [2.75, 3.05) is 12.0 Å². The highest BCUT2D eigenvalue weighted by Gasteiger charge is 2.66. The summed E-state index contributed by atoms with van der Waals surface area (Å²) in [5.74, 6) is 0.728. The van der Waals surface area contributed by atoms with Crippen molar-refractivity contribution in [3.63, 3.8) is 0 Å². The molecule has 0 radical (unpaired) electrons. The summed E-state index contributed by atoms with van der Waals surface area (Å²) in [6.45, 7) is 8.02. The standard InChI is InChI=1S/C39H41IN4O4Si/c1-26-37(49(3,4)31-20-18-30(47-2)19-21-31)35(22-23-43-25-33(41-42-43)36(45)28-10-6-5-7-11-28)48-39(26)32-12-8-9-13-34(32)44(38(39)46)24-27-14-16-29(40)17-15-27/h5-21,25-26,35-37,45H,22-24H2,1-4H3/t26-,35+,36-,37-,39+/m1/s1. The molecule has 10 heteroatoms. The number of rotatable bonds is 10. The van der Waals surface area contributed by atoms with Crippen molar-refractivity contribution in [2.45, 2.75) is 62.9 Å². The molecule has 2 aliphatic heterocycles. The number of aliphatic hydroxyl groups excluding tert-OH is 1. The van der Waals surface area contributed by atoms with E-state index in [0.717, 1.165) is 31.7 Å². The number of hydrogen-bond donors (Lipinski definition) is 1. The molecule has 0 unspecified atom stereocenters. The normalized spacial score (nSPS) is 22.4. The molecule has 1 spiro atoms. The summed E-state index contributed by atoms with van der Waals surface area (Å²) >= 11 is 2.31. The number of fused-ring (bicyclic) bond motifs is 2. The minimum Gasteiger partial charge on any atom is -0.497 e. The van der Waals surface area contributed by atoms with Gasteiger partial charge in [-0.2, -0.15) is 0 Å². The number of halogens is 1. The first kappa shape index (κ1) is 33.6. The van der Waals surface area contributed by atoms with E-state index in [1.807, 2.05) is 71.8 Å². The fourth-order valence-electron chi connectivity index (χ4n) is 8.08. The van der Waals surface area contributed by atoms with Gasteiger partial charge in [0.05, 0.1) is 39.7 Å². The number of amides is 1. The maximum Gasteiger partial charge on any atom is 0.264 e. The lowest BCUT2D eigenvalue weighted by Gasteiger charge is -2.37. The van der Waals surface area contributed by atoms with Gasteiger partial charge in [0.2, 0.25) is 0 Å². The van der Waals surface area contributed by atoms with E-state index < -0.39 is 19.8 Å². The van der Waals surface area contributed by atoms with Crippen molar-refractivity contribution in [3.05, 3.63) is 135 Å². The second-order valence-corrected chi connectivity index (χ2v) is 19.6. The van der Waals surface area contributed by atoms with Crippen molar-refractivity contribution in [3.8, 4) is 5.75 Å². The van der Waals surface area contributed by atoms with Gasteiger partial charge in [-0.1, -0.05) is 103 Å². The summed E-state index contributed by atoms with van der Waals surface area (Å²) in [7, 11) is -0.603. The van der Waals surface area contributed by atoms with Crippen LogP contribution in [0.4, 0.5) is 5.69 Å². The monoisotopic (exact) mass is 784 g/mol. The topological polar surface area (TPSA) is 89.7 Å². The van der Waals surface area contributed by atoms with Gasteiger partial charge in [-0.25, -0.2) is 0 Å². The lowest BCUT2D eigenvalue weighted by molar-refractivity contribution is -0.146. The van der Waals surface area contributed by atoms with Crippen LogP contribution in [0, 0.1) is 9.49 Å². The summed E-state index contributed by atoms with van der Waals surface area (Å²) in [6, 6.07) is 34.4. The van der Waals surface area contributed by atoms with Crippen LogP contribution in [0.5, 0.6) is 5.75 Å². The third kappa shape index (κ3) is 6.02. The van der Waals surface area contributed by atoms with Crippen LogP contribution < -0.4 is 14.8 Å². The van der Waals surface area contributed by atoms with Gasteiger partial charge in [0.15, 0.2) is 5.60 Å². The van der Waals surface area contributed by atoms with Gasteiger partial charge in [-0.3, -0.25) is 9.48 Å². The number of methoxy groups -OCH3 is 1. The van der Waals surface area contributed by atoms with E-state index in [1.54, 1.807) is 11.8 Å². The summed E-state index contributed by atoms with van der Waals surface area (Å²) in [6.07, 6.45) is 1.37. The van der Waals surface area contributed by atoms with E-state index in [2.05, 4.69) is 95.4 Å². The Bertz CT molecular complexity index is 1930. The van der Waals surface area contributed by atoms with Gasteiger partial charge in [0, 0.05) is 21.6 Å². The van der Waals surface area contributed by atoms with Gasteiger partial charge < -0.3 is 19.5 Å². The number of aryl methyl sites for hydroxylation is 1. The van der Waals surface area contributed by atoms with E-state index >= 15 is 0 Å². The van der Waals surface area contributed by atoms with Crippen LogP contribution in [0.15, 0.2) is 109 Å². The minimum absolute atomic E-state index is 0.000747. The van der Waals surface area contributed by atoms with Gasteiger partial charge in [-0.15, -0.1) is 5.10 Å². The Balaban J connectivity index is 1.24. The molecule has 49 heavy (non-hydrogen) atoms. The Hall–Kier alpha value is -3.84. The van der Waals surface area contributed by atoms with Crippen LogP contribution >= 0.6 is 22.6 Å². The molecule has 4 aromatic carbocycles. The summed E-state index contributed by atoms with van der Waals surface area (Å²) < 4.78 is 15.7. The quantitative estimate of drug-likeness (QED) is 0.124. The maximum absolute atomic E-state index is 14.9. The number of ether oxygens (including phenoxy) is 2. The molecule has 5 atom stereocenters. The number of carbonyl (C=O) groups excluding carboxylic acids is 1. The molecule has 1 amide bonds. The highest BCUT2D eigenvalue weighted by atomic mass is 127. The average molecular weight is 785 g/mol. The van der Waals surface area contributed by atoms with Gasteiger partial charge in [-0.05, 0) is 76.0 Å². The molecule has 2 aliphatic rings. The van der Waals surface area contributed by atoms with Crippen molar-refractivity contribution in [2.24, 2.45) is 5.92 Å². The van der Waals surface area contributed by atoms with E-state index in [9.17, 15) is 9.90 Å². The molecule has 7 rings (SSSR count). The van der Waals surface area contributed by atoms with Gasteiger partial charge >= 0.3 is 0 Å². The molecule has 1 aromatic heterocycles. The van der Waals surface area contributed by atoms with Crippen LogP contribution in [0.2, 0.25) is 18.6 Å². The fourth-order valence-corrected chi connectivity index (χ4v) is 12.5. The zero-order chi connectivity index (χ0) is 34.3. The third-order valence-corrected chi connectivity index (χ3v) is 15.7. The predicted molar refractivity (Wildman–Crippen MR) is 202 cm³/mol. The first-order valence-corrected chi connectivity index (χ1v) is 20.9. The largest absolute Gasteiger partial charge is 0.497 e. The fraction of sp³-hybridized carbons (Fsp3) is 0.308. The molecule has 5 aromatic rings. The predicted octanol–water partition coefficient (Wildman–Crippen LogP) is 6.83. The van der Waals surface area contributed by atoms with Crippen molar-refractivity contribution in [1.29, 1.82) is 0 Å². The molecule has 8 nitrogen and oxygen atoms in total. The first-order chi connectivity index (χ1) is 23.6. The summed E-state index contributed by atoms with van der Waals surface area (Å²) in [4.78, 5) is 16.9. The highest BCUT2D eigenvalue weighted by Crippen LogP contribution is 2.60. The Morgan fingerprint density at radius 1 is 0.980 bits per heavy atom. The number of nitrogens with zero attached hydrogens (tertiary/aromatic N) is 4. The van der Waals surface area contributed by atoms with E-state index in [1.165, 1.54) is 5.19 Å². The lowest BCUT2D eigenvalue weighted by Crippen LogP contribution is -2.51. The summed E-state index contributed by atoms with van der Waals surface area (Å²) in [5.41, 5.74) is 3.20. The zero-order valence-corrected chi connectivity index (χ0v) is 31.3. The molecule has 1 fully saturated rings. The zero-order valence-electron chi connectivity index (χ0n) is 28.2. The number of benzene rings is 4. The number of carbonyl (C=O) groups is 1. The van der Waals surface area contributed by atoms with E-state index in [0.29, 0.717) is 25.2 Å². The summed E-state index contributed by atoms with van der Waals surface area (Å²) in [5, 5.41) is 20.9. The van der Waals surface area contributed by atoms with Crippen molar-refractivity contribution >= 4 is 47.4 Å². The lowest BCUT2D eigenvalue weighted by atomic mass is 9.82. The molecule has 3 heterocycles. The minimum atomic E-state index is -2.29.